The van der Waals surface area contributed by atoms with Crippen LogP contribution in [0.5, 0.6) is 5.88 Å². The van der Waals surface area contributed by atoms with Crippen molar-refractivity contribution >= 4 is 21.4 Å². The highest BCUT2D eigenvalue weighted by Crippen LogP contribution is 2.31. The van der Waals surface area contributed by atoms with Gasteiger partial charge in [-0.2, -0.15) is 13.2 Å². The second-order valence-electron chi connectivity index (χ2n) is 6.04. The molecule has 0 saturated carbocycles. The molecular formula is C17H13ClF3N3O4S. The molecular weight excluding hydrogens is 435 g/mol. The molecule has 0 amide bonds. The van der Waals surface area contributed by atoms with Gasteiger partial charge in [0.15, 0.2) is 0 Å². The van der Waals surface area contributed by atoms with Crippen LogP contribution in [-0.2, 0) is 16.4 Å². The molecule has 0 radical (unpaired) electrons. The number of benzene rings is 1. The van der Waals surface area contributed by atoms with Crippen LogP contribution in [0.15, 0.2) is 52.3 Å². The second kappa shape index (κ2) is 7.23. The van der Waals surface area contributed by atoms with Gasteiger partial charge in [0.05, 0.1) is 22.8 Å². The van der Waals surface area contributed by atoms with E-state index in [0.29, 0.717) is 5.56 Å². The van der Waals surface area contributed by atoms with Crippen LogP contribution in [0.3, 0.4) is 0 Å². The second-order valence-corrected chi connectivity index (χ2v) is 8.37. The molecule has 0 aliphatic rings. The number of imidazole rings is 1. The lowest BCUT2D eigenvalue weighted by Crippen LogP contribution is -2.25. The summed E-state index contributed by atoms with van der Waals surface area (Å²) in [7, 11) is -5.52. The molecule has 0 saturated heterocycles. The summed E-state index contributed by atoms with van der Waals surface area (Å²) in [6.45, 7) is 1.55. The van der Waals surface area contributed by atoms with Crippen molar-refractivity contribution in [3.63, 3.8) is 0 Å². The first kappa shape index (κ1) is 20.9. The molecule has 12 heteroatoms. The third-order valence-corrected chi connectivity index (χ3v) is 5.91. The van der Waals surface area contributed by atoms with Crippen molar-refractivity contribution < 1.29 is 26.7 Å². The zero-order valence-corrected chi connectivity index (χ0v) is 16.3. The third-order valence-electron chi connectivity index (χ3n) is 4.20. The molecule has 154 valence electrons. The first-order chi connectivity index (χ1) is 13.4. The van der Waals surface area contributed by atoms with Gasteiger partial charge in [0.2, 0.25) is 5.88 Å². The highest BCUT2D eigenvalue weighted by atomic mass is 35.5. The number of alkyl halides is 3. The first-order valence-corrected chi connectivity index (χ1v) is 9.83. The van der Waals surface area contributed by atoms with E-state index >= 15 is 0 Å². The van der Waals surface area contributed by atoms with E-state index in [1.54, 1.807) is 12.1 Å². The van der Waals surface area contributed by atoms with E-state index in [2.05, 4.69) is 4.98 Å². The number of hydrogen-bond donors (Lipinski definition) is 1. The molecule has 0 unspecified atom stereocenters. The number of halogens is 4. The Labute approximate surface area is 167 Å². The molecule has 0 fully saturated rings. The molecule has 0 atom stereocenters. The van der Waals surface area contributed by atoms with Crippen LogP contribution in [0, 0.1) is 6.92 Å². The fourth-order valence-corrected chi connectivity index (χ4v) is 3.65. The lowest BCUT2D eigenvalue weighted by Gasteiger charge is -2.09. The van der Waals surface area contributed by atoms with Gasteiger partial charge in [-0.05, 0) is 48.9 Å². The standard InChI is InChI=1S/C17H13ClF3N3O4S/c1-10-15(25)24(16(26)23(10)9-11-6-7-22-14(18)8-11)12-2-4-13(5-3-12)29(27,28)17(19,20)21/h2-8,25H,9H2,1H3. The molecule has 0 aliphatic carbocycles. The van der Waals surface area contributed by atoms with Crippen LogP contribution >= 0.6 is 11.6 Å². The number of rotatable bonds is 4. The van der Waals surface area contributed by atoms with Crippen molar-refractivity contribution in [1.29, 1.82) is 0 Å². The molecule has 1 N–H and O–H groups in total. The van der Waals surface area contributed by atoms with E-state index in [1.165, 1.54) is 17.7 Å². The van der Waals surface area contributed by atoms with Crippen molar-refractivity contribution in [2.45, 2.75) is 23.9 Å². The van der Waals surface area contributed by atoms with Crippen LogP contribution in [0.4, 0.5) is 13.2 Å². The quantitative estimate of drug-likeness (QED) is 0.620. The maximum Gasteiger partial charge on any atom is 0.501 e. The number of sulfone groups is 1. The zero-order chi connectivity index (χ0) is 21.6. The summed E-state index contributed by atoms with van der Waals surface area (Å²) in [5.41, 5.74) is -5.27. The Morgan fingerprint density at radius 2 is 1.79 bits per heavy atom. The predicted octanol–water partition coefficient (Wildman–Crippen LogP) is 3.04. The normalized spacial score (nSPS) is 12.3. The van der Waals surface area contributed by atoms with E-state index in [-0.39, 0.29) is 23.1 Å². The van der Waals surface area contributed by atoms with Gasteiger partial charge in [-0.1, -0.05) is 11.6 Å². The Balaban J connectivity index is 2.03. The van der Waals surface area contributed by atoms with Crippen molar-refractivity contribution in [1.82, 2.24) is 14.1 Å². The van der Waals surface area contributed by atoms with E-state index in [1.807, 2.05) is 0 Å². The van der Waals surface area contributed by atoms with Crippen LogP contribution in [0.25, 0.3) is 5.69 Å². The van der Waals surface area contributed by atoms with E-state index < -0.39 is 31.8 Å². The number of hydrogen-bond acceptors (Lipinski definition) is 5. The van der Waals surface area contributed by atoms with Gasteiger partial charge in [0, 0.05) is 6.20 Å². The number of pyridine rings is 1. The smallest absolute Gasteiger partial charge is 0.493 e. The summed E-state index contributed by atoms with van der Waals surface area (Å²) in [5, 5.41) is 10.6. The summed E-state index contributed by atoms with van der Waals surface area (Å²) in [6, 6.07) is 6.62. The molecule has 0 bridgehead atoms. The number of aromatic hydroxyl groups is 1. The first-order valence-electron chi connectivity index (χ1n) is 7.97. The van der Waals surface area contributed by atoms with Crippen LogP contribution in [-0.4, -0.2) is 33.2 Å². The van der Waals surface area contributed by atoms with Gasteiger partial charge in [-0.3, -0.25) is 4.57 Å². The van der Waals surface area contributed by atoms with Crippen LogP contribution < -0.4 is 5.69 Å². The maximum atomic E-state index is 12.8. The Morgan fingerprint density at radius 3 is 2.34 bits per heavy atom. The molecule has 2 aromatic heterocycles. The average molecular weight is 448 g/mol. The summed E-state index contributed by atoms with van der Waals surface area (Å²) < 4.78 is 63.0. The van der Waals surface area contributed by atoms with Crippen LogP contribution in [0.2, 0.25) is 5.15 Å². The minimum atomic E-state index is -5.52. The molecule has 1 aromatic carbocycles. The van der Waals surface area contributed by atoms with Gasteiger partial charge in [-0.25, -0.2) is 22.8 Å². The molecule has 2 heterocycles. The van der Waals surface area contributed by atoms with Gasteiger partial charge in [0.1, 0.15) is 5.15 Å². The Bertz CT molecular complexity index is 1230. The fraction of sp³-hybridized carbons (Fsp3) is 0.176. The van der Waals surface area contributed by atoms with E-state index in [9.17, 15) is 31.5 Å². The molecule has 0 spiro atoms. The van der Waals surface area contributed by atoms with Gasteiger partial charge < -0.3 is 5.11 Å². The topological polar surface area (TPSA) is 94.2 Å². The molecule has 0 aliphatic heterocycles. The summed E-state index contributed by atoms with van der Waals surface area (Å²) in [5.74, 6) is -0.429. The average Bonchev–Trinajstić information content (AvgIpc) is 2.84. The van der Waals surface area contributed by atoms with Gasteiger partial charge >= 0.3 is 11.2 Å². The van der Waals surface area contributed by atoms with Crippen LogP contribution in [0.1, 0.15) is 11.3 Å². The highest BCUT2D eigenvalue weighted by molar-refractivity contribution is 7.92. The number of aromatic nitrogens is 3. The summed E-state index contributed by atoms with van der Waals surface area (Å²) in [4.78, 5) is 15.6. The van der Waals surface area contributed by atoms with E-state index in [4.69, 9.17) is 11.6 Å². The van der Waals surface area contributed by atoms with Crippen molar-refractivity contribution in [3.8, 4) is 11.6 Å². The summed E-state index contributed by atoms with van der Waals surface area (Å²) in [6.07, 6.45) is 1.45. The monoisotopic (exact) mass is 447 g/mol. The van der Waals surface area contributed by atoms with E-state index in [0.717, 1.165) is 28.8 Å². The van der Waals surface area contributed by atoms with Gasteiger partial charge in [-0.15, -0.1) is 0 Å². The third kappa shape index (κ3) is 3.75. The fourth-order valence-electron chi connectivity index (χ4n) is 2.69. The molecule has 29 heavy (non-hydrogen) atoms. The molecule has 3 rings (SSSR count). The SMILES string of the molecule is Cc1c(O)n(-c2ccc(S(=O)(=O)C(F)(F)F)cc2)c(=O)n1Cc1ccnc(Cl)c1. The summed E-state index contributed by atoms with van der Waals surface area (Å²) >= 11 is 5.82. The maximum absolute atomic E-state index is 12.8. The number of nitrogens with zero attached hydrogens (tertiary/aromatic N) is 3. The molecule has 7 nitrogen and oxygen atoms in total. The minimum Gasteiger partial charge on any atom is -0.493 e. The van der Waals surface area contributed by atoms with Crippen molar-refractivity contribution in [2.24, 2.45) is 0 Å². The minimum absolute atomic E-state index is 0.00300. The Morgan fingerprint density at radius 1 is 1.17 bits per heavy atom. The zero-order valence-electron chi connectivity index (χ0n) is 14.7. The Hall–Kier alpha value is -2.79. The highest BCUT2D eigenvalue weighted by Gasteiger charge is 2.46. The Kier molecular flexibility index (Phi) is 5.22. The largest absolute Gasteiger partial charge is 0.501 e. The van der Waals surface area contributed by atoms with Gasteiger partial charge in [0.25, 0.3) is 9.84 Å². The van der Waals surface area contributed by atoms with Crippen molar-refractivity contribution in [3.05, 3.63) is 69.5 Å². The predicted molar refractivity (Wildman–Crippen MR) is 98.0 cm³/mol. The molecule has 3 aromatic rings. The lowest BCUT2D eigenvalue weighted by molar-refractivity contribution is -0.0436. The lowest BCUT2D eigenvalue weighted by atomic mass is 10.2. The van der Waals surface area contributed by atoms with Crippen molar-refractivity contribution in [2.75, 3.05) is 0 Å².